The van der Waals surface area contributed by atoms with Crippen LogP contribution in [0.2, 0.25) is 25.1 Å². The molecule has 0 N–H and O–H groups in total. The second-order valence-electron chi connectivity index (χ2n) is 3.49. The normalized spacial score (nSPS) is 19.2. The van der Waals surface area contributed by atoms with Gasteiger partial charge in [-0.05, 0) is 18.6 Å². The topological polar surface area (TPSA) is 0 Å². The number of benzene rings is 1. The van der Waals surface area contributed by atoms with E-state index in [-0.39, 0.29) is 32.7 Å². The van der Waals surface area contributed by atoms with Gasteiger partial charge in [-0.2, -0.15) is 11.8 Å². The van der Waals surface area contributed by atoms with Gasteiger partial charge in [0.25, 0.3) is 0 Å². The number of hydrogen-bond acceptors (Lipinski definition) is 1. The molecular formula is C10H7AuCl5S. The summed E-state index contributed by atoms with van der Waals surface area (Å²) in [6, 6.07) is 0. The third-order valence-electron chi connectivity index (χ3n) is 2.50. The van der Waals surface area contributed by atoms with Crippen molar-refractivity contribution in [1.29, 1.82) is 0 Å². The molecule has 2 rings (SSSR count). The number of halogens is 5. The SMILES string of the molecule is Clc1c(Cl)c(Cl)c(C2CCCS2)c(Cl)c1Cl.[Au]. The van der Waals surface area contributed by atoms with Gasteiger partial charge in [0.1, 0.15) is 0 Å². The average Bonchev–Trinajstić information content (AvgIpc) is 2.77. The van der Waals surface area contributed by atoms with E-state index in [1.54, 1.807) is 0 Å². The molecule has 1 heterocycles. The van der Waals surface area contributed by atoms with E-state index in [1.807, 2.05) is 11.8 Å². The monoisotopic (exact) mass is 531 g/mol. The van der Waals surface area contributed by atoms with Gasteiger partial charge in [-0.15, -0.1) is 0 Å². The van der Waals surface area contributed by atoms with Crippen LogP contribution in [0.4, 0.5) is 0 Å². The molecule has 0 aliphatic carbocycles. The van der Waals surface area contributed by atoms with Crippen molar-refractivity contribution >= 4 is 69.8 Å². The van der Waals surface area contributed by atoms with Crippen LogP contribution in [0.1, 0.15) is 23.7 Å². The van der Waals surface area contributed by atoms with Gasteiger partial charge in [0, 0.05) is 33.2 Å². The number of rotatable bonds is 1. The van der Waals surface area contributed by atoms with Crippen LogP contribution in [0, 0.1) is 0 Å². The largest absolute Gasteiger partial charge is 0.154 e. The third-order valence-corrected chi connectivity index (χ3v) is 6.20. The van der Waals surface area contributed by atoms with Crippen molar-refractivity contribution in [2.24, 2.45) is 0 Å². The van der Waals surface area contributed by atoms with Crippen LogP contribution in [-0.2, 0) is 22.4 Å². The Morgan fingerprint density at radius 2 is 1.29 bits per heavy atom. The summed E-state index contributed by atoms with van der Waals surface area (Å²) in [6.45, 7) is 0. The van der Waals surface area contributed by atoms with Crippen LogP contribution in [-0.4, -0.2) is 5.75 Å². The Balaban J connectivity index is 0.00000144. The zero-order chi connectivity index (χ0) is 11.9. The Kier molecular flexibility index (Phi) is 6.89. The first-order chi connectivity index (χ1) is 7.54. The summed E-state index contributed by atoms with van der Waals surface area (Å²) < 4.78 is 0. The third kappa shape index (κ3) is 3.26. The second-order valence-corrected chi connectivity index (χ2v) is 6.69. The molecule has 0 saturated carbocycles. The van der Waals surface area contributed by atoms with E-state index in [0.717, 1.165) is 24.2 Å². The maximum absolute atomic E-state index is 6.18. The van der Waals surface area contributed by atoms with Crippen molar-refractivity contribution in [3.05, 3.63) is 30.7 Å². The number of thioether (sulfide) groups is 1. The van der Waals surface area contributed by atoms with E-state index >= 15 is 0 Å². The van der Waals surface area contributed by atoms with E-state index in [9.17, 15) is 0 Å². The molecule has 1 radical (unpaired) electrons. The Labute approximate surface area is 145 Å². The molecule has 1 atom stereocenters. The number of hydrogen-bond donors (Lipinski definition) is 0. The predicted molar refractivity (Wildman–Crippen MR) is 75.9 cm³/mol. The van der Waals surface area contributed by atoms with E-state index < -0.39 is 0 Å². The minimum Gasteiger partial charge on any atom is -0.154 e. The van der Waals surface area contributed by atoms with E-state index in [1.165, 1.54) is 0 Å². The van der Waals surface area contributed by atoms with Crippen molar-refractivity contribution in [2.45, 2.75) is 18.1 Å². The minimum atomic E-state index is 0. The van der Waals surface area contributed by atoms with Crippen LogP contribution in [0.5, 0.6) is 0 Å². The molecular weight excluding hydrogens is 526 g/mol. The van der Waals surface area contributed by atoms with Gasteiger partial charge in [0.15, 0.2) is 0 Å². The maximum atomic E-state index is 6.18. The molecule has 99 valence electrons. The molecule has 7 heteroatoms. The summed E-state index contributed by atoms with van der Waals surface area (Å²) in [4.78, 5) is 0. The molecule has 1 aromatic carbocycles. The molecule has 1 fully saturated rings. The molecule has 0 nitrogen and oxygen atoms in total. The van der Waals surface area contributed by atoms with Crippen molar-refractivity contribution in [1.82, 2.24) is 0 Å². The summed E-state index contributed by atoms with van der Waals surface area (Å²) in [5.41, 5.74) is 0.824. The second kappa shape index (κ2) is 6.97. The van der Waals surface area contributed by atoms with Crippen molar-refractivity contribution in [3.63, 3.8) is 0 Å². The van der Waals surface area contributed by atoms with E-state index in [2.05, 4.69) is 0 Å². The van der Waals surface area contributed by atoms with E-state index in [4.69, 9.17) is 58.0 Å². The molecule has 1 aromatic rings. The zero-order valence-corrected chi connectivity index (χ0v) is 15.1. The van der Waals surface area contributed by atoms with Gasteiger partial charge >= 0.3 is 0 Å². The van der Waals surface area contributed by atoms with E-state index in [0.29, 0.717) is 20.1 Å². The van der Waals surface area contributed by atoms with Gasteiger partial charge < -0.3 is 0 Å². The fourth-order valence-corrected chi connectivity index (χ4v) is 4.61. The molecule has 1 unspecified atom stereocenters. The van der Waals surface area contributed by atoms with Crippen molar-refractivity contribution in [3.8, 4) is 0 Å². The first-order valence-electron chi connectivity index (χ1n) is 4.67. The predicted octanol–water partition coefficient (Wildman–Crippen LogP) is 6.52. The van der Waals surface area contributed by atoms with Crippen molar-refractivity contribution < 1.29 is 22.4 Å². The first-order valence-corrected chi connectivity index (χ1v) is 7.60. The van der Waals surface area contributed by atoms with Gasteiger partial charge in [-0.3, -0.25) is 0 Å². The quantitative estimate of drug-likeness (QED) is 0.225. The van der Waals surface area contributed by atoms with Crippen LogP contribution >= 0.6 is 69.8 Å². The summed E-state index contributed by atoms with van der Waals surface area (Å²) in [5, 5.41) is 1.94. The molecule has 1 aliphatic heterocycles. The molecule has 0 aromatic heterocycles. The standard InChI is InChI=1S/C10H7Cl5S.Au/c11-6-5(4-2-1-3-16-4)7(12)9(14)10(15)8(6)13;/h4H,1-3H2;. The molecule has 1 aliphatic rings. The maximum Gasteiger partial charge on any atom is 0.0809 e. The first kappa shape index (κ1) is 16.8. The minimum absolute atomic E-state index is 0. The van der Waals surface area contributed by atoms with Gasteiger partial charge in [0.05, 0.1) is 25.1 Å². The summed E-state index contributed by atoms with van der Waals surface area (Å²) in [7, 11) is 0. The van der Waals surface area contributed by atoms with Gasteiger partial charge in [-0.25, -0.2) is 0 Å². The fourth-order valence-electron chi connectivity index (χ4n) is 1.71. The van der Waals surface area contributed by atoms with Crippen LogP contribution in [0.3, 0.4) is 0 Å². The van der Waals surface area contributed by atoms with Crippen LogP contribution in [0.25, 0.3) is 0 Å². The molecule has 0 bridgehead atoms. The Hall–Kier alpha value is 1.76. The molecule has 17 heavy (non-hydrogen) atoms. The van der Waals surface area contributed by atoms with Crippen LogP contribution < -0.4 is 0 Å². The Bertz CT molecular complexity index is 402. The fraction of sp³-hybridized carbons (Fsp3) is 0.400. The molecule has 0 spiro atoms. The zero-order valence-electron chi connectivity index (χ0n) is 8.30. The summed E-state index contributed by atoms with van der Waals surface area (Å²) >= 11 is 32.2. The Morgan fingerprint density at radius 1 is 0.824 bits per heavy atom. The Morgan fingerprint density at radius 3 is 1.71 bits per heavy atom. The summed E-state index contributed by atoms with van der Waals surface area (Å²) in [5.74, 6) is 1.11. The average molecular weight is 533 g/mol. The van der Waals surface area contributed by atoms with Crippen LogP contribution in [0.15, 0.2) is 0 Å². The molecule has 0 amide bonds. The van der Waals surface area contributed by atoms with Gasteiger partial charge in [0.2, 0.25) is 0 Å². The summed E-state index contributed by atoms with van der Waals surface area (Å²) in [6.07, 6.45) is 2.19. The molecule has 1 saturated heterocycles. The van der Waals surface area contributed by atoms with Crippen molar-refractivity contribution in [2.75, 3.05) is 5.75 Å². The van der Waals surface area contributed by atoms with Gasteiger partial charge in [-0.1, -0.05) is 58.0 Å². The smallest absolute Gasteiger partial charge is 0.0809 e.